The molecule has 2 aromatic heterocycles. The molecule has 0 atom stereocenters. The van der Waals surface area contributed by atoms with Crippen molar-refractivity contribution < 1.29 is 8.98 Å². The molecule has 2 heterocycles. The van der Waals surface area contributed by atoms with Gasteiger partial charge in [0, 0.05) is 16.8 Å². The number of pyridine rings is 1. The van der Waals surface area contributed by atoms with Crippen LogP contribution in [-0.4, -0.2) is 0 Å². The standard InChI is InChI=1S/C29H27N2O/c1-17(2)14-20-10-11-22-21(15-20)12-13-31(5)28(22)26-19(4)18(3)24(16-30)27-23-8-6-7-9-25(23)32-29(26)27/h6-13,15,17H,14H2,1-5H3/q+1. The maximum Gasteiger partial charge on any atom is 0.224 e. The van der Waals surface area contributed by atoms with Gasteiger partial charge in [0.05, 0.1) is 16.5 Å². The maximum absolute atomic E-state index is 10.0. The molecule has 0 fully saturated rings. The van der Waals surface area contributed by atoms with Crippen LogP contribution < -0.4 is 4.57 Å². The molecule has 32 heavy (non-hydrogen) atoms. The highest BCUT2D eigenvalue weighted by Gasteiger charge is 2.27. The zero-order chi connectivity index (χ0) is 22.6. The van der Waals surface area contributed by atoms with Gasteiger partial charge in [0.15, 0.2) is 11.8 Å². The number of para-hydroxylation sites is 1. The number of hydrogen-bond donors (Lipinski definition) is 0. The fourth-order valence-corrected chi connectivity index (χ4v) is 4.96. The molecule has 5 aromatic rings. The molecular formula is C29H27N2O+. The van der Waals surface area contributed by atoms with Gasteiger partial charge >= 0.3 is 0 Å². The molecule has 0 saturated carbocycles. The van der Waals surface area contributed by atoms with Crippen LogP contribution >= 0.6 is 0 Å². The summed E-state index contributed by atoms with van der Waals surface area (Å²) in [7, 11) is 2.08. The van der Waals surface area contributed by atoms with Crippen LogP contribution in [0.2, 0.25) is 0 Å². The van der Waals surface area contributed by atoms with E-state index < -0.39 is 0 Å². The Kier molecular flexibility index (Phi) is 4.75. The lowest BCUT2D eigenvalue weighted by Crippen LogP contribution is -2.31. The zero-order valence-electron chi connectivity index (χ0n) is 19.3. The number of rotatable bonds is 3. The minimum atomic E-state index is 0.616. The molecule has 0 aliphatic rings. The summed E-state index contributed by atoms with van der Waals surface area (Å²) < 4.78 is 8.60. The Balaban J connectivity index is 1.93. The lowest BCUT2D eigenvalue weighted by Gasteiger charge is -2.13. The summed E-state index contributed by atoms with van der Waals surface area (Å²) in [4.78, 5) is 0. The Morgan fingerprint density at radius 3 is 2.53 bits per heavy atom. The van der Waals surface area contributed by atoms with Gasteiger partial charge in [-0.3, -0.25) is 0 Å². The monoisotopic (exact) mass is 419 g/mol. The first kappa shape index (κ1) is 20.3. The first-order valence-corrected chi connectivity index (χ1v) is 11.2. The van der Waals surface area contributed by atoms with E-state index >= 15 is 0 Å². The van der Waals surface area contributed by atoms with Gasteiger partial charge in [-0.1, -0.05) is 44.2 Å². The minimum Gasteiger partial charge on any atom is -0.455 e. The van der Waals surface area contributed by atoms with Crippen molar-refractivity contribution in [2.24, 2.45) is 13.0 Å². The fourth-order valence-electron chi connectivity index (χ4n) is 4.96. The molecule has 0 aliphatic heterocycles. The molecule has 3 aromatic carbocycles. The molecule has 0 amide bonds. The molecular weight excluding hydrogens is 392 g/mol. The van der Waals surface area contributed by atoms with Crippen LogP contribution in [0, 0.1) is 31.1 Å². The second-order valence-corrected chi connectivity index (χ2v) is 9.21. The third-order valence-electron chi connectivity index (χ3n) is 6.58. The molecule has 158 valence electrons. The number of nitrogens with zero attached hydrogens (tertiary/aromatic N) is 2. The van der Waals surface area contributed by atoms with Gasteiger partial charge in [0.25, 0.3) is 0 Å². The summed E-state index contributed by atoms with van der Waals surface area (Å²) in [5.41, 5.74) is 7.94. The Hall–Kier alpha value is -3.64. The van der Waals surface area contributed by atoms with Gasteiger partial charge in [-0.2, -0.15) is 5.26 Å². The molecule has 0 radical (unpaired) electrons. The highest BCUT2D eigenvalue weighted by Crippen LogP contribution is 2.42. The number of fused-ring (bicyclic) bond motifs is 4. The number of aryl methyl sites for hydroxylation is 1. The third kappa shape index (κ3) is 2.99. The van der Waals surface area contributed by atoms with Gasteiger partial charge in [0.1, 0.15) is 18.7 Å². The molecule has 5 rings (SSSR count). The average molecular weight is 420 g/mol. The van der Waals surface area contributed by atoms with Crippen molar-refractivity contribution >= 4 is 32.7 Å². The number of furan rings is 1. The number of hydrogen-bond acceptors (Lipinski definition) is 2. The van der Waals surface area contributed by atoms with E-state index in [9.17, 15) is 5.26 Å². The SMILES string of the molecule is Cc1c(C)c(C#N)c2c(oc3ccccc32)c1-c1c2ccc(CC(C)C)cc2cc[n+]1C. The minimum absolute atomic E-state index is 0.616. The third-order valence-corrected chi connectivity index (χ3v) is 6.58. The van der Waals surface area contributed by atoms with E-state index in [1.54, 1.807) is 0 Å². The van der Waals surface area contributed by atoms with Crippen LogP contribution in [0.1, 0.15) is 36.1 Å². The predicted molar refractivity (Wildman–Crippen MR) is 131 cm³/mol. The van der Waals surface area contributed by atoms with Crippen molar-refractivity contribution in [3.63, 3.8) is 0 Å². The summed E-state index contributed by atoms with van der Waals surface area (Å²) in [6.07, 6.45) is 3.19. The van der Waals surface area contributed by atoms with Crippen molar-refractivity contribution in [3.8, 4) is 17.3 Å². The van der Waals surface area contributed by atoms with Crippen LogP contribution in [0.3, 0.4) is 0 Å². The van der Waals surface area contributed by atoms with Crippen LogP contribution in [-0.2, 0) is 13.5 Å². The molecule has 0 unspecified atom stereocenters. The second-order valence-electron chi connectivity index (χ2n) is 9.21. The van der Waals surface area contributed by atoms with Crippen molar-refractivity contribution in [2.75, 3.05) is 0 Å². The Morgan fingerprint density at radius 1 is 1.00 bits per heavy atom. The van der Waals surface area contributed by atoms with Crippen molar-refractivity contribution in [1.29, 1.82) is 5.26 Å². The number of aromatic nitrogens is 1. The van der Waals surface area contributed by atoms with Crippen LogP contribution in [0.4, 0.5) is 0 Å². The summed E-state index contributed by atoms with van der Waals surface area (Å²) in [6, 6.07) is 19.4. The molecule has 0 aliphatic carbocycles. The van der Waals surface area contributed by atoms with E-state index in [0.29, 0.717) is 11.5 Å². The van der Waals surface area contributed by atoms with E-state index in [1.165, 1.54) is 16.3 Å². The first-order valence-electron chi connectivity index (χ1n) is 11.2. The predicted octanol–water partition coefficient (Wildman–Crippen LogP) is 6.92. The summed E-state index contributed by atoms with van der Waals surface area (Å²) >= 11 is 0. The molecule has 3 nitrogen and oxygen atoms in total. The van der Waals surface area contributed by atoms with E-state index in [1.807, 2.05) is 31.2 Å². The van der Waals surface area contributed by atoms with Crippen molar-refractivity contribution in [2.45, 2.75) is 34.1 Å². The molecule has 0 bridgehead atoms. The average Bonchev–Trinajstić information content (AvgIpc) is 3.14. The van der Waals surface area contributed by atoms with E-state index in [-0.39, 0.29) is 0 Å². The molecule has 0 saturated heterocycles. The second kappa shape index (κ2) is 7.50. The van der Waals surface area contributed by atoms with E-state index in [0.717, 1.165) is 50.7 Å². The van der Waals surface area contributed by atoms with Gasteiger partial charge in [0.2, 0.25) is 5.69 Å². The highest BCUT2D eigenvalue weighted by molar-refractivity contribution is 6.14. The summed E-state index contributed by atoms with van der Waals surface area (Å²) in [5.74, 6) is 0.616. The normalized spacial score (nSPS) is 11.7. The highest BCUT2D eigenvalue weighted by atomic mass is 16.3. The lowest BCUT2D eigenvalue weighted by molar-refractivity contribution is -0.659. The topological polar surface area (TPSA) is 40.8 Å². The van der Waals surface area contributed by atoms with Gasteiger partial charge in [-0.05, 0) is 60.4 Å². The molecule has 0 N–H and O–H groups in total. The van der Waals surface area contributed by atoms with E-state index in [4.69, 9.17) is 4.42 Å². The van der Waals surface area contributed by atoms with Gasteiger partial charge < -0.3 is 4.42 Å². The van der Waals surface area contributed by atoms with Crippen molar-refractivity contribution in [3.05, 3.63) is 77.0 Å². The Labute approximate surface area is 188 Å². The Morgan fingerprint density at radius 2 is 1.78 bits per heavy atom. The largest absolute Gasteiger partial charge is 0.455 e. The van der Waals surface area contributed by atoms with Crippen LogP contribution in [0.25, 0.3) is 44.0 Å². The molecule has 0 spiro atoms. The van der Waals surface area contributed by atoms with Crippen molar-refractivity contribution in [1.82, 2.24) is 0 Å². The van der Waals surface area contributed by atoms with E-state index in [2.05, 4.69) is 68.9 Å². The number of benzene rings is 3. The molecule has 3 heteroatoms. The van der Waals surface area contributed by atoms with Crippen LogP contribution in [0.5, 0.6) is 0 Å². The van der Waals surface area contributed by atoms with Crippen LogP contribution in [0.15, 0.2) is 59.1 Å². The fraction of sp³-hybridized carbons (Fsp3) is 0.241. The Bertz CT molecular complexity index is 1560. The lowest BCUT2D eigenvalue weighted by atomic mass is 9.89. The first-order chi connectivity index (χ1) is 15.4. The zero-order valence-corrected chi connectivity index (χ0v) is 19.3. The van der Waals surface area contributed by atoms with Gasteiger partial charge in [-0.25, -0.2) is 4.57 Å². The van der Waals surface area contributed by atoms with Gasteiger partial charge in [-0.15, -0.1) is 0 Å². The smallest absolute Gasteiger partial charge is 0.224 e. The summed E-state index contributed by atoms with van der Waals surface area (Å²) in [6.45, 7) is 8.65. The number of nitriles is 1. The maximum atomic E-state index is 10.0. The quantitative estimate of drug-likeness (QED) is 0.298. The summed E-state index contributed by atoms with van der Waals surface area (Å²) in [5, 5.41) is 14.3.